The first kappa shape index (κ1) is 31.7. The number of hydrogen-bond donors (Lipinski definition) is 0. The Labute approximate surface area is 356 Å². The third-order valence-corrected chi connectivity index (χ3v) is 11.8. The second-order valence-electron chi connectivity index (χ2n) is 15.3. The van der Waals surface area contributed by atoms with Crippen molar-refractivity contribution in [1.29, 1.82) is 0 Å². The van der Waals surface area contributed by atoms with Gasteiger partial charge in [0.15, 0.2) is 0 Å². The Hall–Kier alpha value is -8.22. The van der Waals surface area contributed by atoms with Crippen molar-refractivity contribution in [2.45, 2.75) is 6.85 Å². The Morgan fingerprint density at radius 2 is 1.00 bits per heavy atom. The molecule has 0 atom stereocenters. The number of hydrogen-bond acceptors (Lipinski definition) is 3. The molecule has 0 aliphatic rings. The van der Waals surface area contributed by atoms with Gasteiger partial charge in [-0.15, -0.1) is 0 Å². The first-order chi connectivity index (χ1) is 31.4. The molecule has 8 aromatic carbocycles. The average Bonchev–Trinajstić information content (AvgIpc) is 4.02. The van der Waals surface area contributed by atoms with Crippen LogP contribution in [0.3, 0.4) is 0 Å². The molecule has 4 aromatic heterocycles. The van der Waals surface area contributed by atoms with Gasteiger partial charge in [-0.2, -0.15) is 0 Å². The van der Waals surface area contributed by atoms with Crippen LogP contribution in [-0.2, 0) is 0 Å². The van der Waals surface area contributed by atoms with Gasteiger partial charge in [-0.05, 0) is 91.3 Å². The van der Waals surface area contributed by atoms with E-state index in [1.54, 1.807) is 12.3 Å². The predicted molar refractivity (Wildman–Crippen MR) is 250 cm³/mol. The Bertz CT molecular complexity index is 3550. The average molecular weight is 787 g/mol. The number of nitrogens with zero attached hydrogens (tertiary/aromatic N) is 5. The molecule has 61 heavy (non-hydrogen) atoms. The Morgan fingerprint density at radius 1 is 0.475 bits per heavy atom. The Morgan fingerprint density at radius 3 is 1.61 bits per heavy atom. The van der Waals surface area contributed by atoms with Crippen molar-refractivity contribution in [2.24, 2.45) is 0 Å². The molecule has 0 N–H and O–H groups in total. The minimum atomic E-state index is -2.51. The van der Waals surface area contributed by atoms with E-state index in [-0.39, 0.29) is 5.56 Å². The number of para-hydroxylation sites is 6. The molecule has 0 radical (unpaired) electrons. The quantitative estimate of drug-likeness (QED) is 0.162. The van der Waals surface area contributed by atoms with Crippen LogP contribution in [0.4, 0.5) is 0 Å². The third-order valence-electron chi connectivity index (χ3n) is 11.8. The van der Waals surface area contributed by atoms with E-state index in [4.69, 9.17) is 13.8 Å². The minimum absolute atomic E-state index is 0.194. The summed E-state index contributed by atoms with van der Waals surface area (Å²) in [6.45, 7) is -2.51. The first-order valence-corrected chi connectivity index (χ1v) is 20.3. The summed E-state index contributed by atoms with van der Waals surface area (Å²) in [6.07, 6.45) is 3.56. The summed E-state index contributed by atoms with van der Waals surface area (Å²) in [5, 5.41) is 4.44. The second-order valence-corrected chi connectivity index (χ2v) is 15.3. The number of aromatic nitrogens is 5. The summed E-state index contributed by atoms with van der Waals surface area (Å²) >= 11 is 0. The third kappa shape index (κ3) is 5.64. The molecule has 0 amide bonds. The van der Waals surface area contributed by atoms with Crippen molar-refractivity contribution >= 4 is 54.6 Å². The van der Waals surface area contributed by atoms with Gasteiger partial charge < -0.3 is 13.9 Å². The normalized spacial score (nSPS) is 12.6. The van der Waals surface area contributed by atoms with Crippen LogP contribution in [-0.4, -0.2) is 23.7 Å². The molecule has 0 aliphatic carbocycles. The highest BCUT2D eigenvalue weighted by Crippen LogP contribution is 2.43. The van der Waals surface area contributed by atoms with Crippen LogP contribution < -0.4 is 4.74 Å². The molecule has 12 rings (SSSR count). The van der Waals surface area contributed by atoms with Crippen LogP contribution >= 0.6 is 0 Å². The molecular weight excluding hydrogens is 747 g/mol. The molecule has 6 heteroatoms. The number of ether oxygens (including phenoxy) is 1. The summed E-state index contributed by atoms with van der Waals surface area (Å²) in [5.41, 5.74) is 11.3. The van der Waals surface area contributed by atoms with E-state index in [2.05, 4.69) is 129 Å². The van der Waals surface area contributed by atoms with Crippen LogP contribution in [0.15, 0.2) is 207 Å². The van der Waals surface area contributed by atoms with E-state index in [1.165, 1.54) is 0 Å². The summed E-state index contributed by atoms with van der Waals surface area (Å²) in [5.74, 6) is 1.25. The maximum atomic E-state index is 9.12. The van der Waals surface area contributed by atoms with E-state index in [0.29, 0.717) is 22.8 Å². The SMILES string of the molecule is [2H]C([2H])([2H])c1cc(-c2cccc(Oc3cccc(-n4cnc5ccccc54)c3)c2)ncc1-c1c(-n2c3ccccc3c3ccccc32)cccc1-n1c2ccccc2c2ccccc21. The lowest BCUT2D eigenvalue weighted by atomic mass is 9.96. The molecule has 4 heterocycles. The monoisotopic (exact) mass is 786 g/mol. The number of imidazole rings is 1. The smallest absolute Gasteiger partial charge is 0.129 e. The zero-order valence-electron chi connectivity index (χ0n) is 35.8. The van der Waals surface area contributed by atoms with Crippen molar-refractivity contribution in [3.63, 3.8) is 0 Å². The molecule has 0 spiro atoms. The number of fused-ring (bicyclic) bond motifs is 7. The zero-order valence-corrected chi connectivity index (χ0v) is 32.8. The molecule has 0 saturated carbocycles. The van der Waals surface area contributed by atoms with Crippen LogP contribution in [0.5, 0.6) is 11.5 Å². The largest absolute Gasteiger partial charge is 0.457 e. The molecule has 0 bridgehead atoms. The highest BCUT2D eigenvalue weighted by molar-refractivity contribution is 6.12. The molecule has 288 valence electrons. The predicted octanol–water partition coefficient (Wildman–Crippen LogP) is 14.0. The first-order valence-electron chi connectivity index (χ1n) is 21.8. The van der Waals surface area contributed by atoms with E-state index >= 15 is 0 Å². The van der Waals surface area contributed by atoms with E-state index < -0.39 is 6.85 Å². The fourth-order valence-corrected chi connectivity index (χ4v) is 9.07. The molecule has 0 saturated heterocycles. The number of aryl methyl sites for hydroxylation is 1. The van der Waals surface area contributed by atoms with Gasteiger partial charge in [-0.25, -0.2) is 4.98 Å². The summed E-state index contributed by atoms with van der Waals surface area (Å²) < 4.78 is 40.4. The van der Waals surface area contributed by atoms with Crippen LogP contribution in [0.2, 0.25) is 0 Å². The van der Waals surface area contributed by atoms with Gasteiger partial charge >= 0.3 is 0 Å². The standard InChI is InChI=1S/C55H37N5O/c1-36-31-47(37-15-12-17-39(32-37)61-40-18-13-16-38(33-40)58-35-57-46-23-6-11-28-52(46)58)56-34-45(36)55-53(59-48-24-7-2-19-41(48)42-20-3-8-25-49(42)59)29-14-30-54(55)60-50-26-9-4-21-43(50)44-22-5-10-27-51(44)60/h2-35H,1H3/i1D3. The van der Waals surface area contributed by atoms with Crippen LogP contribution in [0.1, 0.15) is 9.68 Å². The van der Waals surface area contributed by atoms with Crippen molar-refractivity contribution in [3.8, 4) is 50.9 Å². The number of benzene rings is 8. The van der Waals surface area contributed by atoms with Crippen LogP contribution in [0.25, 0.3) is 94.1 Å². The second kappa shape index (κ2) is 14.0. The lowest BCUT2D eigenvalue weighted by molar-refractivity contribution is 0.482. The zero-order chi connectivity index (χ0) is 42.9. The minimum Gasteiger partial charge on any atom is -0.457 e. The van der Waals surface area contributed by atoms with Gasteiger partial charge in [0, 0.05) is 54.6 Å². The van der Waals surface area contributed by atoms with Crippen LogP contribution in [0, 0.1) is 6.85 Å². The van der Waals surface area contributed by atoms with E-state index in [1.807, 2.05) is 83.7 Å². The van der Waals surface area contributed by atoms with Crippen molar-refractivity contribution in [1.82, 2.24) is 23.7 Å². The number of pyridine rings is 1. The van der Waals surface area contributed by atoms with Crippen molar-refractivity contribution < 1.29 is 8.85 Å². The molecule has 6 nitrogen and oxygen atoms in total. The lowest BCUT2D eigenvalue weighted by Crippen LogP contribution is -2.05. The number of rotatable bonds is 7. The molecule has 0 unspecified atom stereocenters. The topological polar surface area (TPSA) is 49.8 Å². The summed E-state index contributed by atoms with van der Waals surface area (Å²) in [6, 6.07) is 65.0. The summed E-state index contributed by atoms with van der Waals surface area (Å²) in [7, 11) is 0. The fraction of sp³-hybridized carbons (Fsp3) is 0.0182. The van der Waals surface area contributed by atoms with Gasteiger partial charge in [0.2, 0.25) is 0 Å². The summed E-state index contributed by atoms with van der Waals surface area (Å²) in [4.78, 5) is 9.64. The van der Waals surface area contributed by atoms with E-state index in [0.717, 1.165) is 82.8 Å². The van der Waals surface area contributed by atoms with Crippen molar-refractivity contribution in [3.05, 3.63) is 212 Å². The van der Waals surface area contributed by atoms with Gasteiger partial charge in [-0.3, -0.25) is 9.55 Å². The molecular formula is C55H37N5O. The van der Waals surface area contributed by atoms with Gasteiger partial charge in [0.1, 0.15) is 17.8 Å². The Balaban J connectivity index is 1.04. The van der Waals surface area contributed by atoms with Gasteiger partial charge in [0.25, 0.3) is 0 Å². The maximum absolute atomic E-state index is 9.12. The van der Waals surface area contributed by atoms with Gasteiger partial charge in [0.05, 0.1) is 55.9 Å². The molecule has 0 aliphatic heterocycles. The Kier molecular flexibility index (Phi) is 7.26. The fourth-order valence-electron chi connectivity index (χ4n) is 9.07. The van der Waals surface area contributed by atoms with Crippen molar-refractivity contribution in [2.75, 3.05) is 0 Å². The van der Waals surface area contributed by atoms with Gasteiger partial charge in [-0.1, -0.05) is 109 Å². The molecule has 0 fully saturated rings. The highest BCUT2D eigenvalue weighted by atomic mass is 16.5. The maximum Gasteiger partial charge on any atom is 0.129 e. The van der Waals surface area contributed by atoms with E-state index in [9.17, 15) is 0 Å². The molecule has 12 aromatic rings. The highest BCUT2D eigenvalue weighted by Gasteiger charge is 2.23. The lowest BCUT2D eigenvalue weighted by Gasteiger charge is -2.21.